The molecule has 0 saturated heterocycles. The third-order valence-electron chi connectivity index (χ3n) is 1.89. The minimum absolute atomic E-state index is 0.290. The molecule has 1 heteroatoms. The van der Waals surface area contributed by atoms with E-state index in [9.17, 15) is 0 Å². The highest BCUT2D eigenvalue weighted by Crippen LogP contribution is 2.10. The van der Waals surface area contributed by atoms with Gasteiger partial charge in [-0.1, -0.05) is 36.4 Å². The SMILES string of the molecule is C=C[C@@](C)(N)Cc1ccccc1. The van der Waals surface area contributed by atoms with E-state index in [4.69, 9.17) is 5.73 Å². The van der Waals surface area contributed by atoms with Crippen molar-refractivity contribution in [1.82, 2.24) is 0 Å². The Hall–Kier alpha value is -1.08. The summed E-state index contributed by atoms with van der Waals surface area (Å²) in [6, 6.07) is 10.2. The molecule has 0 heterocycles. The largest absolute Gasteiger partial charge is 0.322 e. The van der Waals surface area contributed by atoms with Crippen molar-refractivity contribution < 1.29 is 0 Å². The van der Waals surface area contributed by atoms with E-state index in [0.717, 1.165) is 6.42 Å². The van der Waals surface area contributed by atoms with Gasteiger partial charge in [-0.05, 0) is 18.9 Å². The van der Waals surface area contributed by atoms with Crippen LogP contribution in [-0.4, -0.2) is 5.54 Å². The standard InChI is InChI=1S/C11H15N/c1-3-11(2,12)9-10-7-5-4-6-8-10/h3-8H,1,9,12H2,2H3/t11-/m1/s1. The molecule has 0 aromatic heterocycles. The van der Waals surface area contributed by atoms with Gasteiger partial charge in [0.15, 0.2) is 0 Å². The fourth-order valence-electron chi connectivity index (χ4n) is 1.11. The van der Waals surface area contributed by atoms with Gasteiger partial charge in [-0.15, -0.1) is 6.58 Å². The lowest BCUT2D eigenvalue weighted by Crippen LogP contribution is -2.35. The summed E-state index contributed by atoms with van der Waals surface area (Å²) in [6.07, 6.45) is 2.64. The lowest BCUT2D eigenvalue weighted by molar-refractivity contribution is 0.583. The molecule has 1 aromatic rings. The van der Waals surface area contributed by atoms with E-state index in [1.54, 1.807) is 6.08 Å². The second-order valence-corrected chi connectivity index (χ2v) is 3.37. The maximum Gasteiger partial charge on any atom is 0.0348 e. The Morgan fingerprint density at radius 1 is 1.42 bits per heavy atom. The van der Waals surface area contributed by atoms with Crippen LogP contribution >= 0.6 is 0 Å². The fourth-order valence-corrected chi connectivity index (χ4v) is 1.11. The van der Waals surface area contributed by atoms with Crippen molar-refractivity contribution in [1.29, 1.82) is 0 Å². The van der Waals surface area contributed by atoms with Crippen molar-refractivity contribution in [3.05, 3.63) is 48.6 Å². The fraction of sp³-hybridized carbons (Fsp3) is 0.273. The molecule has 0 fully saturated rings. The first kappa shape index (κ1) is 9.01. The molecule has 1 aromatic carbocycles. The molecule has 0 saturated carbocycles. The van der Waals surface area contributed by atoms with Gasteiger partial charge in [-0.2, -0.15) is 0 Å². The van der Waals surface area contributed by atoms with E-state index < -0.39 is 0 Å². The number of hydrogen-bond acceptors (Lipinski definition) is 1. The van der Waals surface area contributed by atoms with E-state index in [1.807, 2.05) is 25.1 Å². The second-order valence-electron chi connectivity index (χ2n) is 3.37. The first-order valence-electron chi connectivity index (χ1n) is 4.10. The Morgan fingerprint density at radius 3 is 2.50 bits per heavy atom. The Kier molecular flexibility index (Phi) is 2.66. The Bertz CT molecular complexity index is 249. The lowest BCUT2D eigenvalue weighted by atomic mass is 9.94. The van der Waals surface area contributed by atoms with Crippen molar-refractivity contribution in [2.75, 3.05) is 0 Å². The van der Waals surface area contributed by atoms with Crippen LogP contribution in [-0.2, 0) is 6.42 Å². The average molecular weight is 161 g/mol. The monoisotopic (exact) mass is 161 g/mol. The van der Waals surface area contributed by atoms with Crippen LogP contribution in [0.4, 0.5) is 0 Å². The van der Waals surface area contributed by atoms with E-state index in [2.05, 4.69) is 18.7 Å². The lowest BCUT2D eigenvalue weighted by Gasteiger charge is -2.19. The predicted octanol–water partition coefficient (Wildman–Crippen LogP) is 2.13. The van der Waals surface area contributed by atoms with Gasteiger partial charge in [0, 0.05) is 5.54 Å². The number of benzene rings is 1. The van der Waals surface area contributed by atoms with Crippen molar-refractivity contribution in [3.8, 4) is 0 Å². The van der Waals surface area contributed by atoms with Crippen molar-refractivity contribution >= 4 is 0 Å². The number of hydrogen-bond donors (Lipinski definition) is 1. The van der Waals surface area contributed by atoms with E-state index in [-0.39, 0.29) is 5.54 Å². The summed E-state index contributed by atoms with van der Waals surface area (Å²) in [6.45, 7) is 5.68. The van der Waals surface area contributed by atoms with Crippen LogP contribution in [0.2, 0.25) is 0 Å². The molecule has 0 unspecified atom stereocenters. The third kappa shape index (κ3) is 2.51. The van der Waals surface area contributed by atoms with Crippen LogP contribution in [0.3, 0.4) is 0 Å². The summed E-state index contributed by atoms with van der Waals surface area (Å²) in [5, 5.41) is 0. The minimum Gasteiger partial charge on any atom is -0.322 e. The van der Waals surface area contributed by atoms with E-state index >= 15 is 0 Å². The normalized spacial score (nSPS) is 15.2. The first-order chi connectivity index (χ1) is 5.64. The second kappa shape index (κ2) is 3.55. The Morgan fingerprint density at radius 2 is 2.00 bits per heavy atom. The molecule has 64 valence electrons. The quantitative estimate of drug-likeness (QED) is 0.675. The predicted molar refractivity (Wildman–Crippen MR) is 52.9 cm³/mol. The molecule has 0 radical (unpaired) electrons. The summed E-state index contributed by atoms with van der Waals surface area (Å²) < 4.78 is 0. The van der Waals surface area contributed by atoms with Crippen LogP contribution in [0, 0.1) is 0 Å². The highest BCUT2D eigenvalue weighted by molar-refractivity contribution is 5.19. The molecule has 0 aliphatic carbocycles. The zero-order valence-electron chi connectivity index (χ0n) is 7.46. The molecule has 1 nitrogen and oxygen atoms in total. The van der Waals surface area contributed by atoms with Crippen molar-refractivity contribution in [3.63, 3.8) is 0 Å². The van der Waals surface area contributed by atoms with Crippen LogP contribution in [0.1, 0.15) is 12.5 Å². The number of rotatable bonds is 3. The minimum atomic E-state index is -0.290. The van der Waals surface area contributed by atoms with E-state index in [1.165, 1.54) is 5.56 Å². The van der Waals surface area contributed by atoms with Crippen LogP contribution in [0.5, 0.6) is 0 Å². The third-order valence-corrected chi connectivity index (χ3v) is 1.89. The van der Waals surface area contributed by atoms with Gasteiger partial charge in [-0.3, -0.25) is 0 Å². The van der Waals surface area contributed by atoms with Gasteiger partial charge >= 0.3 is 0 Å². The van der Waals surface area contributed by atoms with E-state index in [0.29, 0.717) is 0 Å². The van der Waals surface area contributed by atoms with Crippen LogP contribution < -0.4 is 5.73 Å². The summed E-state index contributed by atoms with van der Waals surface area (Å²) in [5.41, 5.74) is 6.89. The molecular formula is C11H15N. The molecule has 1 atom stereocenters. The topological polar surface area (TPSA) is 26.0 Å². The smallest absolute Gasteiger partial charge is 0.0348 e. The molecule has 0 aliphatic heterocycles. The van der Waals surface area contributed by atoms with Gasteiger partial charge in [0.25, 0.3) is 0 Å². The zero-order valence-corrected chi connectivity index (χ0v) is 7.46. The summed E-state index contributed by atoms with van der Waals surface area (Å²) in [4.78, 5) is 0. The van der Waals surface area contributed by atoms with Gasteiger partial charge in [0.05, 0.1) is 0 Å². The van der Waals surface area contributed by atoms with Gasteiger partial charge < -0.3 is 5.73 Å². The molecule has 0 aliphatic rings. The molecule has 2 N–H and O–H groups in total. The summed E-state index contributed by atoms with van der Waals surface area (Å²) in [5.74, 6) is 0. The van der Waals surface area contributed by atoms with Crippen molar-refractivity contribution in [2.45, 2.75) is 18.9 Å². The molecule has 1 rings (SSSR count). The van der Waals surface area contributed by atoms with Gasteiger partial charge in [0.2, 0.25) is 0 Å². The molecular weight excluding hydrogens is 146 g/mol. The molecule has 0 bridgehead atoms. The highest BCUT2D eigenvalue weighted by Gasteiger charge is 2.13. The Labute approximate surface area is 73.9 Å². The van der Waals surface area contributed by atoms with Crippen LogP contribution in [0.15, 0.2) is 43.0 Å². The molecule has 0 amide bonds. The zero-order chi connectivity index (χ0) is 9.03. The average Bonchev–Trinajstić information content (AvgIpc) is 2.06. The van der Waals surface area contributed by atoms with Crippen LogP contribution in [0.25, 0.3) is 0 Å². The first-order valence-corrected chi connectivity index (χ1v) is 4.10. The summed E-state index contributed by atoms with van der Waals surface area (Å²) >= 11 is 0. The van der Waals surface area contributed by atoms with Crippen molar-refractivity contribution in [2.24, 2.45) is 5.73 Å². The summed E-state index contributed by atoms with van der Waals surface area (Å²) in [7, 11) is 0. The maximum atomic E-state index is 5.93. The van der Waals surface area contributed by atoms with Gasteiger partial charge in [-0.25, -0.2) is 0 Å². The van der Waals surface area contributed by atoms with Gasteiger partial charge in [0.1, 0.15) is 0 Å². The Balaban J connectivity index is 2.70. The number of nitrogens with two attached hydrogens (primary N) is 1. The highest BCUT2D eigenvalue weighted by atomic mass is 14.7. The maximum absolute atomic E-state index is 5.93. The molecule has 0 spiro atoms. The molecule has 12 heavy (non-hydrogen) atoms.